The Morgan fingerprint density at radius 2 is 2.16 bits per heavy atom. The number of rotatable bonds is 8. The lowest BCUT2D eigenvalue weighted by atomic mass is 10.1. The van der Waals surface area contributed by atoms with Crippen LogP contribution in [-0.4, -0.2) is 28.7 Å². The van der Waals surface area contributed by atoms with Crippen molar-refractivity contribution in [2.45, 2.75) is 30.7 Å². The normalized spacial score (nSPS) is 13.4. The zero-order chi connectivity index (χ0) is 14.3. The lowest BCUT2D eigenvalue weighted by Gasteiger charge is -2.12. The van der Waals surface area contributed by atoms with Crippen molar-refractivity contribution in [2.24, 2.45) is 5.73 Å². The van der Waals surface area contributed by atoms with Crippen molar-refractivity contribution in [3.8, 4) is 0 Å². The maximum Gasteiger partial charge on any atom is 0.240 e. The highest BCUT2D eigenvalue weighted by Crippen LogP contribution is 2.18. The number of nitrogens with two attached hydrogens (primary N) is 1. The van der Waals surface area contributed by atoms with E-state index in [1.165, 1.54) is 0 Å². The Kier molecular flexibility index (Phi) is 6.44. The topological polar surface area (TPSA) is 81.4 Å². The van der Waals surface area contributed by atoms with Crippen molar-refractivity contribution in [1.82, 2.24) is 4.72 Å². The number of sulfonamides is 1. The SMILES string of the molecule is CCC(N)c1cccc(S(=O)(=O)NCCCOC)c1. The van der Waals surface area contributed by atoms with Crippen molar-refractivity contribution in [3.05, 3.63) is 29.8 Å². The predicted octanol–water partition coefficient (Wildman–Crippen LogP) is 1.41. The van der Waals surface area contributed by atoms with Crippen molar-refractivity contribution >= 4 is 10.0 Å². The summed E-state index contributed by atoms with van der Waals surface area (Å²) in [4.78, 5) is 0.256. The summed E-state index contributed by atoms with van der Waals surface area (Å²) >= 11 is 0. The Morgan fingerprint density at radius 1 is 1.42 bits per heavy atom. The van der Waals surface area contributed by atoms with Gasteiger partial charge in [-0.1, -0.05) is 19.1 Å². The van der Waals surface area contributed by atoms with E-state index in [9.17, 15) is 8.42 Å². The van der Waals surface area contributed by atoms with E-state index in [1.807, 2.05) is 13.0 Å². The zero-order valence-corrected chi connectivity index (χ0v) is 12.2. The molecule has 0 saturated heterocycles. The van der Waals surface area contributed by atoms with Gasteiger partial charge in [0.2, 0.25) is 10.0 Å². The van der Waals surface area contributed by atoms with Gasteiger partial charge in [-0.05, 0) is 30.5 Å². The van der Waals surface area contributed by atoms with Crippen LogP contribution >= 0.6 is 0 Å². The van der Waals surface area contributed by atoms with Gasteiger partial charge >= 0.3 is 0 Å². The molecule has 0 aliphatic heterocycles. The van der Waals surface area contributed by atoms with Crippen LogP contribution in [0.3, 0.4) is 0 Å². The van der Waals surface area contributed by atoms with Crippen LogP contribution in [0, 0.1) is 0 Å². The van der Waals surface area contributed by atoms with Gasteiger partial charge in [0.1, 0.15) is 0 Å². The van der Waals surface area contributed by atoms with Gasteiger partial charge in [-0.2, -0.15) is 0 Å². The molecule has 19 heavy (non-hydrogen) atoms. The Bertz CT molecular complexity index is 488. The molecule has 6 heteroatoms. The molecule has 0 bridgehead atoms. The molecule has 1 aromatic rings. The number of hydrogen-bond donors (Lipinski definition) is 2. The van der Waals surface area contributed by atoms with Gasteiger partial charge in [0.15, 0.2) is 0 Å². The van der Waals surface area contributed by atoms with Gasteiger partial charge in [-0.25, -0.2) is 13.1 Å². The van der Waals surface area contributed by atoms with Gasteiger partial charge in [0.05, 0.1) is 4.90 Å². The highest BCUT2D eigenvalue weighted by molar-refractivity contribution is 7.89. The summed E-state index contributed by atoms with van der Waals surface area (Å²) in [5, 5.41) is 0. The first kappa shape index (κ1) is 16.1. The molecule has 5 nitrogen and oxygen atoms in total. The van der Waals surface area contributed by atoms with Crippen LogP contribution in [0.4, 0.5) is 0 Å². The van der Waals surface area contributed by atoms with Crippen molar-refractivity contribution < 1.29 is 13.2 Å². The van der Waals surface area contributed by atoms with Gasteiger partial charge in [0.25, 0.3) is 0 Å². The molecule has 1 rings (SSSR count). The quantitative estimate of drug-likeness (QED) is 0.708. The molecule has 1 unspecified atom stereocenters. The minimum Gasteiger partial charge on any atom is -0.385 e. The molecule has 0 amide bonds. The summed E-state index contributed by atoms with van der Waals surface area (Å²) in [6, 6.07) is 6.63. The summed E-state index contributed by atoms with van der Waals surface area (Å²) < 4.78 is 31.6. The van der Waals surface area contributed by atoms with E-state index in [4.69, 9.17) is 10.5 Å². The lowest BCUT2D eigenvalue weighted by Crippen LogP contribution is -2.25. The summed E-state index contributed by atoms with van der Waals surface area (Å²) in [6.07, 6.45) is 1.41. The summed E-state index contributed by atoms with van der Waals surface area (Å²) in [5.41, 5.74) is 6.75. The maximum atomic E-state index is 12.1. The molecule has 0 spiro atoms. The minimum absolute atomic E-state index is 0.136. The fourth-order valence-corrected chi connectivity index (χ4v) is 2.78. The molecule has 108 valence electrons. The largest absolute Gasteiger partial charge is 0.385 e. The third-order valence-electron chi connectivity index (χ3n) is 2.85. The van der Waals surface area contributed by atoms with Gasteiger partial charge in [-0.15, -0.1) is 0 Å². The predicted molar refractivity (Wildman–Crippen MR) is 75.3 cm³/mol. The number of benzene rings is 1. The third kappa shape index (κ3) is 4.91. The average molecular weight is 286 g/mol. The molecule has 0 aliphatic carbocycles. The molecule has 1 aromatic carbocycles. The van der Waals surface area contributed by atoms with Crippen LogP contribution in [0.1, 0.15) is 31.4 Å². The van der Waals surface area contributed by atoms with Crippen LogP contribution < -0.4 is 10.5 Å². The zero-order valence-electron chi connectivity index (χ0n) is 11.4. The minimum atomic E-state index is -3.47. The Labute approximate surface area is 115 Å². The van der Waals surface area contributed by atoms with E-state index < -0.39 is 10.0 Å². The monoisotopic (exact) mass is 286 g/mol. The molecule has 0 saturated carbocycles. The molecule has 0 radical (unpaired) electrons. The summed E-state index contributed by atoms with van der Waals surface area (Å²) in [5.74, 6) is 0. The molecular weight excluding hydrogens is 264 g/mol. The average Bonchev–Trinajstić information content (AvgIpc) is 2.43. The lowest BCUT2D eigenvalue weighted by molar-refractivity contribution is 0.196. The third-order valence-corrected chi connectivity index (χ3v) is 4.31. The molecule has 3 N–H and O–H groups in total. The summed E-state index contributed by atoms with van der Waals surface area (Å²) in [7, 11) is -1.88. The fraction of sp³-hybridized carbons (Fsp3) is 0.538. The second-order valence-corrected chi connectivity index (χ2v) is 6.10. The first-order valence-electron chi connectivity index (χ1n) is 6.35. The Balaban J connectivity index is 2.77. The van der Waals surface area contributed by atoms with Gasteiger partial charge in [-0.3, -0.25) is 0 Å². The Hall–Kier alpha value is -0.950. The van der Waals surface area contributed by atoms with Gasteiger partial charge in [0, 0.05) is 26.3 Å². The van der Waals surface area contributed by atoms with Gasteiger partial charge < -0.3 is 10.5 Å². The van der Waals surface area contributed by atoms with Crippen LogP contribution in [0.25, 0.3) is 0 Å². The van der Waals surface area contributed by atoms with E-state index in [0.29, 0.717) is 19.6 Å². The molecule has 0 heterocycles. The van der Waals surface area contributed by atoms with E-state index in [-0.39, 0.29) is 10.9 Å². The van der Waals surface area contributed by atoms with Crippen LogP contribution in [0.5, 0.6) is 0 Å². The van der Waals surface area contributed by atoms with E-state index in [0.717, 1.165) is 12.0 Å². The molecule has 0 aromatic heterocycles. The molecule has 0 fully saturated rings. The second kappa shape index (κ2) is 7.59. The van der Waals surface area contributed by atoms with Crippen LogP contribution in [0.15, 0.2) is 29.2 Å². The highest BCUT2D eigenvalue weighted by Gasteiger charge is 2.14. The van der Waals surface area contributed by atoms with E-state index >= 15 is 0 Å². The van der Waals surface area contributed by atoms with Crippen LogP contribution in [0.2, 0.25) is 0 Å². The number of ether oxygens (including phenoxy) is 1. The standard InChI is InChI=1S/C13H22N2O3S/c1-3-13(14)11-6-4-7-12(10-11)19(16,17)15-8-5-9-18-2/h4,6-7,10,13,15H,3,5,8-9,14H2,1-2H3. The first-order chi connectivity index (χ1) is 9.01. The summed E-state index contributed by atoms with van der Waals surface area (Å²) in [6.45, 7) is 2.86. The smallest absolute Gasteiger partial charge is 0.240 e. The fourth-order valence-electron chi connectivity index (χ4n) is 1.65. The highest BCUT2D eigenvalue weighted by atomic mass is 32.2. The first-order valence-corrected chi connectivity index (χ1v) is 7.83. The van der Waals surface area contributed by atoms with E-state index in [2.05, 4.69) is 4.72 Å². The van der Waals surface area contributed by atoms with Crippen molar-refractivity contribution in [2.75, 3.05) is 20.3 Å². The molecule has 1 atom stereocenters. The number of nitrogens with one attached hydrogen (secondary N) is 1. The van der Waals surface area contributed by atoms with Crippen molar-refractivity contribution in [3.63, 3.8) is 0 Å². The second-order valence-electron chi connectivity index (χ2n) is 4.33. The van der Waals surface area contributed by atoms with E-state index in [1.54, 1.807) is 25.3 Å². The van der Waals surface area contributed by atoms with Crippen molar-refractivity contribution in [1.29, 1.82) is 0 Å². The van der Waals surface area contributed by atoms with Crippen LogP contribution in [-0.2, 0) is 14.8 Å². The number of hydrogen-bond acceptors (Lipinski definition) is 4. The molecule has 0 aliphatic rings. The Morgan fingerprint density at radius 3 is 2.79 bits per heavy atom. The number of methoxy groups -OCH3 is 1. The maximum absolute atomic E-state index is 12.1. The molecular formula is C13H22N2O3S.